The van der Waals surface area contributed by atoms with Gasteiger partial charge in [-0.1, -0.05) is 6.08 Å². The molecule has 0 aromatic rings. The fourth-order valence-corrected chi connectivity index (χ4v) is 1.48. The van der Waals surface area contributed by atoms with Crippen molar-refractivity contribution in [3.05, 3.63) is 23.9 Å². The van der Waals surface area contributed by atoms with Crippen molar-refractivity contribution in [2.24, 2.45) is 5.92 Å². The summed E-state index contributed by atoms with van der Waals surface area (Å²) in [5.41, 5.74) is 1.48. The van der Waals surface area contributed by atoms with Crippen molar-refractivity contribution in [1.82, 2.24) is 10.2 Å². The molecule has 12 heavy (non-hydrogen) atoms. The van der Waals surface area contributed by atoms with Gasteiger partial charge in [-0.2, -0.15) is 0 Å². The monoisotopic (exact) mass is 164 g/mol. The smallest absolute Gasteiger partial charge is 0.0980 e. The molecule has 0 radical (unpaired) electrons. The van der Waals surface area contributed by atoms with E-state index >= 15 is 0 Å². The third-order valence-corrected chi connectivity index (χ3v) is 2.50. The Balaban J connectivity index is 1.96. The summed E-state index contributed by atoms with van der Waals surface area (Å²) in [7, 11) is 4.16. The summed E-state index contributed by atoms with van der Waals surface area (Å²) < 4.78 is 0. The Hall–Kier alpha value is -0.760. The van der Waals surface area contributed by atoms with Gasteiger partial charge in [0.15, 0.2) is 0 Å². The van der Waals surface area contributed by atoms with Gasteiger partial charge < -0.3 is 5.32 Å². The minimum atomic E-state index is 0.382. The van der Waals surface area contributed by atoms with Gasteiger partial charge in [0.05, 0.1) is 6.17 Å². The van der Waals surface area contributed by atoms with E-state index < -0.39 is 0 Å². The Morgan fingerprint density at radius 2 is 2.17 bits per heavy atom. The van der Waals surface area contributed by atoms with Gasteiger partial charge in [0.2, 0.25) is 0 Å². The fourth-order valence-electron chi connectivity index (χ4n) is 1.48. The zero-order valence-corrected chi connectivity index (χ0v) is 7.75. The highest BCUT2D eigenvalue weighted by Crippen LogP contribution is 2.37. The molecule has 1 N–H and O–H groups in total. The molecule has 1 aliphatic heterocycles. The molecule has 2 rings (SSSR count). The van der Waals surface area contributed by atoms with E-state index in [4.69, 9.17) is 0 Å². The van der Waals surface area contributed by atoms with Gasteiger partial charge in [-0.05, 0) is 44.5 Å². The molecule has 0 saturated heterocycles. The number of rotatable bonds is 2. The highest BCUT2D eigenvalue weighted by Gasteiger charge is 2.25. The zero-order chi connectivity index (χ0) is 8.55. The third kappa shape index (κ3) is 1.53. The maximum atomic E-state index is 3.37. The maximum absolute atomic E-state index is 3.37. The van der Waals surface area contributed by atoms with Gasteiger partial charge in [-0.15, -0.1) is 0 Å². The lowest BCUT2D eigenvalue weighted by Gasteiger charge is -2.24. The molecule has 2 aliphatic rings. The van der Waals surface area contributed by atoms with E-state index in [1.807, 2.05) is 0 Å². The lowest BCUT2D eigenvalue weighted by atomic mass is 10.1. The SMILES string of the molecule is CN(C)C1C=CC(C2CC2)=CN1. The van der Waals surface area contributed by atoms with Crippen LogP contribution in [-0.2, 0) is 0 Å². The molecular weight excluding hydrogens is 148 g/mol. The molecule has 1 heterocycles. The second kappa shape index (κ2) is 2.94. The summed E-state index contributed by atoms with van der Waals surface area (Å²) >= 11 is 0. The van der Waals surface area contributed by atoms with Gasteiger partial charge in [0, 0.05) is 6.20 Å². The summed E-state index contributed by atoms with van der Waals surface area (Å²) in [6.45, 7) is 0. The Morgan fingerprint density at radius 1 is 1.42 bits per heavy atom. The number of hydrogen-bond acceptors (Lipinski definition) is 2. The van der Waals surface area contributed by atoms with Crippen molar-refractivity contribution < 1.29 is 0 Å². The van der Waals surface area contributed by atoms with Crippen molar-refractivity contribution in [1.29, 1.82) is 0 Å². The number of nitrogens with one attached hydrogen (secondary N) is 1. The lowest BCUT2D eigenvalue weighted by Crippen LogP contribution is -2.38. The number of hydrogen-bond donors (Lipinski definition) is 1. The van der Waals surface area contributed by atoms with Crippen molar-refractivity contribution in [2.45, 2.75) is 19.0 Å². The molecule has 0 amide bonds. The first-order valence-corrected chi connectivity index (χ1v) is 4.58. The summed E-state index contributed by atoms with van der Waals surface area (Å²) in [5, 5.41) is 3.37. The lowest BCUT2D eigenvalue weighted by molar-refractivity contribution is 0.315. The number of nitrogens with zero attached hydrogens (tertiary/aromatic N) is 1. The van der Waals surface area contributed by atoms with E-state index in [9.17, 15) is 0 Å². The van der Waals surface area contributed by atoms with Crippen LogP contribution >= 0.6 is 0 Å². The Kier molecular flexibility index (Phi) is 1.93. The maximum Gasteiger partial charge on any atom is 0.0980 e. The van der Waals surface area contributed by atoms with Crippen LogP contribution in [-0.4, -0.2) is 25.2 Å². The topological polar surface area (TPSA) is 15.3 Å². The molecule has 0 bridgehead atoms. The van der Waals surface area contributed by atoms with Crippen LogP contribution in [0.15, 0.2) is 23.9 Å². The first-order valence-electron chi connectivity index (χ1n) is 4.58. The fraction of sp³-hybridized carbons (Fsp3) is 0.600. The summed E-state index contributed by atoms with van der Waals surface area (Å²) in [4.78, 5) is 2.16. The highest BCUT2D eigenvalue weighted by molar-refractivity contribution is 5.28. The average molecular weight is 164 g/mol. The van der Waals surface area contributed by atoms with Gasteiger partial charge >= 0.3 is 0 Å². The predicted molar refractivity (Wildman–Crippen MR) is 50.6 cm³/mol. The van der Waals surface area contributed by atoms with Crippen LogP contribution in [0, 0.1) is 5.92 Å². The number of allylic oxidation sites excluding steroid dienone is 2. The zero-order valence-electron chi connectivity index (χ0n) is 7.75. The summed E-state index contributed by atoms with van der Waals surface area (Å²) in [6, 6.07) is 0. The Bertz CT molecular complexity index is 224. The van der Waals surface area contributed by atoms with Crippen molar-refractivity contribution in [2.75, 3.05) is 14.1 Å². The van der Waals surface area contributed by atoms with Crippen LogP contribution in [0.25, 0.3) is 0 Å². The van der Waals surface area contributed by atoms with Gasteiger partial charge in [-0.3, -0.25) is 4.90 Å². The first-order chi connectivity index (χ1) is 5.77. The predicted octanol–water partition coefficient (Wildman–Crippen LogP) is 1.33. The van der Waals surface area contributed by atoms with Crippen LogP contribution in [0.1, 0.15) is 12.8 Å². The summed E-state index contributed by atoms with van der Waals surface area (Å²) in [6.07, 6.45) is 9.80. The molecule has 0 spiro atoms. The second-order valence-electron chi connectivity index (χ2n) is 3.85. The van der Waals surface area contributed by atoms with E-state index in [-0.39, 0.29) is 0 Å². The first kappa shape index (κ1) is 7.87. The molecule has 1 fully saturated rings. The molecule has 1 saturated carbocycles. The van der Waals surface area contributed by atoms with E-state index in [0.717, 1.165) is 5.92 Å². The van der Waals surface area contributed by atoms with Crippen LogP contribution in [0.5, 0.6) is 0 Å². The summed E-state index contributed by atoms with van der Waals surface area (Å²) in [5.74, 6) is 0.858. The minimum Gasteiger partial charge on any atom is -0.372 e. The van der Waals surface area contributed by atoms with Crippen LogP contribution in [0.4, 0.5) is 0 Å². The Labute approximate surface area is 73.9 Å². The van der Waals surface area contributed by atoms with E-state index in [2.05, 4.69) is 42.7 Å². The van der Waals surface area contributed by atoms with Crippen LogP contribution < -0.4 is 5.32 Å². The van der Waals surface area contributed by atoms with Gasteiger partial charge in [0.1, 0.15) is 0 Å². The quantitative estimate of drug-likeness (QED) is 0.662. The molecule has 1 unspecified atom stereocenters. The van der Waals surface area contributed by atoms with E-state index in [1.165, 1.54) is 18.4 Å². The van der Waals surface area contributed by atoms with Crippen molar-refractivity contribution in [3.63, 3.8) is 0 Å². The van der Waals surface area contributed by atoms with Gasteiger partial charge in [0.25, 0.3) is 0 Å². The molecule has 1 atom stereocenters. The number of likely N-dealkylation sites (N-methyl/N-ethyl adjacent to an activating group) is 1. The standard InChI is InChI=1S/C10H16N2/c1-12(2)10-6-5-9(7-11-10)8-3-4-8/h5-8,10-11H,3-4H2,1-2H3. The van der Waals surface area contributed by atoms with Crippen molar-refractivity contribution >= 4 is 0 Å². The molecule has 2 heteroatoms. The average Bonchev–Trinajstić information content (AvgIpc) is 2.87. The van der Waals surface area contributed by atoms with Crippen LogP contribution in [0.2, 0.25) is 0 Å². The minimum absolute atomic E-state index is 0.382. The normalized spacial score (nSPS) is 28.6. The molecule has 0 aromatic carbocycles. The van der Waals surface area contributed by atoms with Crippen LogP contribution in [0.3, 0.4) is 0 Å². The number of dihydropyridines is 1. The molecule has 66 valence electrons. The largest absolute Gasteiger partial charge is 0.372 e. The van der Waals surface area contributed by atoms with E-state index in [1.54, 1.807) is 0 Å². The molecular formula is C10H16N2. The van der Waals surface area contributed by atoms with E-state index in [0.29, 0.717) is 6.17 Å². The second-order valence-corrected chi connectivity index (χ2v) is 3.85. The molecule has 0 aromatic heterocycles. The molecule has 1 aliphatic carbocycles. The third-order valence-electron chi connectivity index (χ3n) is 2.50. The molecule has 2 nitrogen and oxygen atoms in total. The Morgan fingerprint density at radius 3 is 2.58 bits per heavy atom. The van der Waals surface area contributed by atoms with Gasteiger partial charge in [-0.25, -0.2) is 0 Å². The van der Waals surface area contributed by atoms with Crippen molar-refractivity contribution in [3.8, 4) is 0 Å². The highest BCUT2D eigenvalue weighted by atomic mass is 15.2.